The van der Waals surface area contributed by atoms with Crippen LogP contribution in [0.25, 0.3) is 0 Å². The number of aryl methyl sites for hydroxylation is 2. The number of amides is 1. The first-order valence-corrected chi connectivity index (χ1v) is 8.26. The highest BCUT2D eigenvalue weighted by Crippen LogP contribution is 2.21. The summed E-state index contributed by atoms with van der Waals surface area (Å²) in [6.07, 6.45) is 7.78. The zero-order chi connectivity index (χ0) is 15.9. The molecule has 0 radical (unpaired) electrons. The van der Waals surface area contributed by atoms with Crippen LogP contribution < -0.4 is 10.1 Å². The van der Waals surface area contributed by atoms with Crippen LogP contribution in [0.1, 0.15) is 50.2 Å². The molecule has 0 heterocycles. The van der Waals surface area contributed by atoms with Gasteiger partial charge in [-0.25, -0.2) is 0 Å². The summed E-state index contributed by atoms with van der Waals surface area (Å²) in [7, 11) is 0. The quantitative estimate of drug-likeness (QED) is 0.804. The number of hydrogen-bond acceptors (Lipinski definition) is 2. The smallest absolute Gasteiger partial charge is 0.260 e. The molecule has 0 bridgehead atoms. The van der Waals surface area contributed by atoms with E-state index in [9.17, 15) is 4.79 Å². The molecular weight excluding hydrogens is 274 g/mol. The SMILES string of the molecule is Cc1ccc(OC(C)C(=O)NCCC2=CCCCC2)c(C)c1. The van der Waals surface area contributed by atoms with E-state index in [1.54, 1.807) is 6.92 Å². The van der Waals surface area contributed by atoms with Crippen LogP contribution in [0.15, 0.2) is 29.8 Å². The molecule has 0 aliphatic heterocycles. The molecular formula is C19H27NO2. The second-order valence-corrected chi connectivity index (χ2v) is 6.18. The molecule has 0 spiro atoms. The molecule has 0 fully saturated rings. The predicted octanol–water partition coefficient (Wildman–Crippen LogP) is 4.08. The van der Waals surface area contributed by atoms with Crippen LogP contribution in [0.2, 0.25) is 0 Å². The summed E-state index contributed by atoms with van der Waals surface area (Å²) in [5.41, 5.74) is 3.74. The van der Waals surface area contributed by atoms with Crippen molar-refractivity contribution in [3.8, 4) is 5.75 Å². The molecule has 120 valence electrons. The Bertz CT molecular complexity index is 548. The Kier molecular flexibility index (Phi) is 6.05. The number of benzene rings is 1. The maximum absolute atomic E-state index is 12.1. The zero-order valence-electron chi connectivity index (χ0n) is 13.9. The summed E-state index contributed by atoms with van der Waals surface area (Å²) >= 11 is 0. The molecule has 3 nitrogen and oxygen atoms in total. The van der Waals surface area contributed by atoms with E-state index < -0.39 is 6.10 Å². The first-order chi connectivity index (χ1) is 10.6. The maximum atomic E-state index is 12.1. The number of carbonyl (C=O) groups excluding carboxylic acids is 1. The molecule has 1 atom stereocenters. The third kappa shape index (κ3) is 4.90. The van der Waals surface area contributed by atoms with Gasteiger partial charge in [-0.2, -0.15) is 0 Å². The lowest BCUT2D eigenvalue weighted by Crippen LogP contribution is -2.37. The van der Waals surface area contributed by atoms with Crippen LogP contribution >= 0.6 is 0 Å². The highest BCUT2D eigenvalue weighted by atomic mass is 16.5. The Morgan fingerprint density at radius 2 is 2.14 bits per heavy atom. The first kappa shape index (κ1) is 16.6. The average molecular weight is 301 g/mol. The minimum Gasteiger partial charge on any atom is -0.481 e. The lowest BCUT2D eigenvalue weighted by atomic mass is 9.97. The van der Waals surface area contributed by atoms with E-state index in [1.165, 1.54) is 36.8 Å². The molecule has 1 aromatic rings. The Morgan fingerprint density at radius 3 is 2.82 bits per heavy atom. The van der Waals surface area contributed by atoms with Crippen molar-refractivity contribution in [2.45, 2.75) is 59.0 Å². The molecule has 1 aliphatic carbocycles. The topological polar surface area (TPSA) is 38.3 Å². The van der Waals surface area contributed by atoms with E-state index in [0.29, 0.717) is 6.54 Å². The maximum Gasteiger partial charge on any atom is 0.260 e. The highest BCUT2D eigenvalue weighted by molar-refractivity contribution is 5.80. The Labute approximate surface area is 133 Å². The van der Waals surface area contributed by atoms with Gasteiger partial charge in [0.2, 0.25) is 0 Å². The van der Waals surface area contributed by atoms with Crippen LogP contribution in [0.3, 0.4) is 0 Å². The molecule has 22 heavy (non-hydrogen) atoms. The molecule has 1 unspecified atom stereocenters. The molecule has 3 heteroatoms. The van der Waals surface area contributed by atoms with Crippen LogP contribution in [0, 0.1) is 13.8 Å². The van der Waals surface area contributed by atoms with Gasteiger partial charge < -0.3 is 10.1 Å². The number of allylic oxidation sites excluding steroid dienone is 1. The van der Waals surface area contributed by atoms with Gasteiger partial charge in [0.15, 0.2) is 6.10 Å². The fourth-order valence-corrected chi connectivity index (χ4v) is 2.80. The third-order valence-electron chi connectivity index (χ3n) is 4.13. The van der Waals surface area contributed by atoms with Crippen molar-refractivity contribution in [3.63, 3.8) is 0 Å². The van der Waals surface area contributed by atoms with Crippen molar-refractivity contribution in [3.05, 3.63) is 41.0 Å². The second-order valence-electron chi connectivity index (χ2n) is 6.18. The van der Waals surface area contributed by atoms with Crippen molar-refractivity contribution in [2.24, 2.45) is 0 Å². The van der Waals surface area contributed by atoms with Gasteiger partial charge in [-0.05, 0) is 64.5 Å². The Hall–Kier alpha value is -1.77. The number of ether oxygens (including phenoxy) is 1. The van der Waals surface area contributed by atoms with E-state index >= 15 is 0 Å². The minimum absolute atomic E-state index is 0.0450. The number of rotatable bonds is 6. The summed E-state index contributed by atoms with van der Waals surface area (Å²) in [6, 6.07) is 6.00. The Balaban J connectivity index is 1.78. The molecule has 1 N–H and O–H groups in total. The largest absolute Gasteiger partial charge is 0.481 e. The zero-order valence-corrected chi connectivity index (χ0v) is 13.9. The molecule has 0 aromatic heterocycles. The van der Waals surface area contributed by atoms with Gasteiger partial charge in [0.25, 0.3) is 5.91 Å². The van der Waals surface area contributed by atoms with Crippen molar-refractivity contribution >= 4 is 5.91 Å². The lowest BCUT2D eigenvalue weighted by molar-refractivity contribution is -0.127. The van der Waals surface area contributed by atoms with Gasteiger partial charge in [-0.15, -0.1) is 0 Å². The number of carbonyl (C=O) groups is 1. The monoisotopic (exact) mass is 301 g/mol. The number of hydrogen-bond donors (Lipinski definition) is 1. The normalized spacial score (nSPS) is 15.9. The molecule has 0 saturated heterocycles. The summed E-state index contributed by atoms with van der Waals surface area (Å²) in [5, 5.41) is 2.98. The Morgan fingerprint density at radius 1 is 1.32 bits per heavy atom. The van der Waals surface area contributed by atoms with Crippen LogP contribution in [-0.2, 0) is 4.79 Å². The first-order valence-electron chi connectivity index (χ1n) is 8.26. The summed E-state index contributed by atoms with van der Waals surface area (Å²) in [4.78, 5) is 12.1. The van der Waals surface area contributed by atoms with E-state index in [2.05, 4.69) is 17.5 Å². The molecule has 1 aromatic carbocycles. The molecule has 0 saturated carbocycles. The fourth-order valence-electron chi connectivity index (χ4n) is 2.80. The summed E-state index contributed by atoms with van der Waals surface area (Å²) in [6.45, 7) is 6.55. The highest BCUT2D eigenvalue weighted by Gasteiger charge is 2.15. The number of nitrogens with one attached hydrogen (secondary N) is 1. The van der Waals surface area contributed by atoms with Crippen LogP contribution in [-0.4, -0.2) is 18.6 Å². The predicted molar refractivity (Wildman–Crippen MR) is 90.2 cm³/mol. The van der Waals surface area contributed by atoms with Gasteiger partial charge >= 0.3 is 0 Å². The van der Waals surface area contributed by atoms with Gasteiger partial charge in [-0.1, -0.05) is 29.3 Å². The van der Waals surface area contributed by atoms with Crippen LogP contribution in [0.5, 0.6) is 5.75 Å². The van der Waals surface area contributed by atoms with E-state index in [4.69, 9.17) is 4.74 Å². The summed E-state index contributed by atoms with van der Waals surface area (Å²) in [5.74, 6) is 0.736. The van der Waals surface area contributed by atoms with Crippen molar-refractivity contribution in [1.82, 2.24) is 5.32 Å². The van der Waals surface area contributed by atoms with Crippen molar-refractivity contribution < 1.29 is 9.53 Å². The fraction of sp³-hybridized carbons (Fsp3) is 0.526. The van der Waals surface area contributed by atoms with Crippen molar-refractivity contribution in [1.29, 1.82) is 0 Å². The van der Waals surface area contributed by atoms with Gasteiger partial charge in [0.1, 0.15) is 5.75 Å². The van der Waals surface area contributed by atoms with Gasteiger partial charge in [0.05, 0.1) is 0 Å². The molecule has 1 amide bonds. The second kappa shape index (κ2) is 8.02. The van der Waals surface area contributed by atoms with Crippen molar-refractivity contribution in [2.75, 3.05) is 6.54 Å². The molecule has 2 rings (SSSR count). The van der Waals surface area contributed by atoms with E-state index in [0.717, 1.165) is 17.7 Å². The van der Waals surface area contributed by atoms with E-state index in [1.807, 2.05) is 26.0 Å². The van der Waals surface area contributed by atoms with E-state index in [-0.39, 0.29) is 5.91 Å². The van der Waals surface area contributed by atoms with Crippen LogP contribution in [0.4, 0.5) is 0 Å². The average Bonchev–Trinajstić information content (AvgIpc) is 2.51. The standard InChI is InChI=1S/C19H27NO2/c1-14-9-10-18(15(2)13-14)22-16(3)19(21)20-12-11-17-7-5-4-6-8-17/h7,9-10,13,16H,4-6,8,11-12H2,1-3H3,(H,20,21). The minimum atomic E-state index is -0.471. The lowest BCUT2D eigenvalue weighted by Gasteiger charge is -2.17. The van der Waals surface area contributed by atoms with Gasteiger partial charge in [0, 0.05) is 6.54 Å². The third-order valence-corrected chi connectivity index (χ3v) is 4.13. The van der Waals surface area contributed by atoms with Gasteiger partial charge in [-0.3, -0.25) is 4.79 Å². The summed E-state index contributed by atoms with van der Waals surface area (Å²) < 4.78 is 5.78. The molecule has 1 aliphatic rings.